The van der Waals surface area contributed by atoms with Gasteiger partial charge in [0.1, 0.15) is 16.8 Å². The van der Waals surface area contributed by atoms with Crippen molar-refractivity contribution in [2.24, 2.45) is 5.92 Å². The minimum Gasteiger partial charge on any atom is -0.480 e. The first kappa shape index (κ1) is 19.8. The van der Waals surface area contributed by atoms with Crippen molar-refractivity contribution in [3.63, 3.8) is 0 Å². The Morgan fingerprint density at radius 1 is 1.19 bits per heavy atom. The van der Waals surface area contributed by atoms with Gasteiger partial charge in [-0.1, -0.05) is 12.1 Å². The van der Waals surface area contributed by atoms with E-state index >= 15 is 0 Å². The van der Waals surface area contributed by atoms with E-state index in [-0.39, 0.29) is 29.9 Å². The van der Waals surface area contributed by atoms with Gasteiger partial charge in [0.15, 0.2) is 0 Å². The molecule has 0 radical (unpaired) electrons. The Bertz CT molecular complexity index is 832. The van der Waals surface area contributed by atoms with E-state index in [4.69, 9.17) is 0 Å². The number of piperidine rings is 1. The van der Waals surface area contributed by atoms with E-state index in [2.05, 4.69) is 0 Å². The average molecular weight is 398 g/mol. The summed E-state index contributed by atoms with van der Waals surface area (Å²) in [4.78, 5) is 25.2. The zero-order valence-corrected chi connectivity index (χ0v) is 15.9. The molecular formula is C18H23FN2O5S. The van der Waals surface area contributed by atoms with Crippen LogP contribution in [0.5, 0.6) is 0 Å². The van der Waals surface area contributed by atoms with Gasteiger partial charge in [-0.05, 0) is 44.7 Å². The molecule has 1 amide bonds. The summed E-state index contributed by atoms with van der Waals surface area (Å²) in [6.45, 7) is 1.70. The smallest absolute Gasteiger partial charge is 0.326 e. The molecule has 0 bridgehead atoms. The van der Waals surface area contributed by atoms with Gasteiger partial charge in [-0.2, -0.15) is 4.31 Å². The van der Waals surface area contributed by atoms with Crippen LogP contribution in [0.2, 0.25) is 0 Å². The number of hydrogen-bond donors (Lipinski definition) is 1. The van der Waals surface area contributed by atoms with E-state index in [1.54, 1.807) is 0 Å². The minimum absolute atomic E-state index is 0.0382. The topological polar surface area (TPSA) is 95.0 Å². The fraction of sp³-hybridized carbons (Fsp3) is 0.556. The maximum atomic E-state index is 13.9. The molecule has 0 aromatic heterocycles. The summed E-state index contributed by atoms with van der Waals surface area (Å²) < 4.78 is 40.4. The molecule has 1 unspecified atom stereocenters. The van der Waals surface area contributed by atoms with Gasteiger partial charge in [0.2, 0.25) is 15.9 Å². The van der Waals surface area contributed by atoms with Crippen LogP contribution in [0, 0.1) is 11.7 Å². The van der Waals surface area contributed by atoms with Crippen molar-refractivity contribution in [3.8, 4) is 0 Å². The van der Waals surface area contributed by atoms with Gasteiger partial charge in [0, 0.05) is 25.0 Å². The summed E-state index contributed by atoms with van der Waals surface area (Å²) in [7, 11) is -3.96. The lowest BCUT2D eigenvalue weighted by atomic mass is 9.95. The van der Waals surface area contributed by atoms with Gasteiger partial charge in [0.25, 0.3) is 0 Å². The second kappa shape index (κ2) is 7.55. The summed E-state index contributed by atoms with van der Waals surface area (Å²) >= 11 is 0. The molecule has 1 aromatic rings. The van der Waals surface area contributed by atoms with Crippen molar-refractivity contribution in [1.82, 2.24) is 9.21 Å². The number of carboxylic acids is 1. The zero-order chi connectivity index (χ0) is 19.8. The highest BCUT2D eigenvalue weighted by Crippen LogP contribution is 2.33. The predicted octanol–water partition coefficient (Wildman–Crippen LogP) is 1.69. The van der Waals surface area contributed by atoms with Crippen LogP contribution in [0.15, 0.2) is 29.2 Å². The number of halogens is 1. The highest BCUT2D eigenvalue weighted by molar-refractivity contribution is 7.89. The molecule has 1 heterocycles. The molecule has 27 heavy (non-hydrogen) atoms. The summed E-state index contributed by atoms with van der Waals surface area (Å²) in [5.41, 5.74) is 0. The number of hydrogen-bond acceptors (Lipinski definition) is 4. The number of amides is 1. The Balaban J connectivity index is 1.69. The molecule has 7 nitrogen and oxygen atoms in total. The molecule has 2 fully saturated rings. The Hall–Kier alpha value is -2.00. The third-order valence-electron chi connectivity index (χ3n) is 5.23. The van der Waals surface area contributed by atoms with Gasteiger partial charge in [0.05, 0.1) is 0 Å². The first-order valence-electron chi connectivity index (χ1n) is 9.03. The molecule has 1 atom stereocenters. The van der Waals surface area contributed by atoms with Crippen LogP contribution in [0.25, 0.3) is 0 Å². The maximum absolute atomic E-state index is 13.9. The normalized spacial score (nSPS) is 20.2. The molecule has 148 valence electrons. The van der Waals surface area contributed by atoms with Crippen LogP contribution in [0.4, 0.5) is 4.39 Å². The fourth-order valence-electron chi connectivity index (χ4n) is 3.51. The van der Waals surface area contributed by atoms with Gasteiger partial charge in [-0.15, -0.1) is 0 Å². The van der Waals surface area contributed by atoms with E-state index in [1.807, 2.05) is 0 Å². The molecule has 3 rings (SSSR count). The summed E-state index contributed by atoms with van der Waals surface area (Å²) in [6.07, 6.45) is 2.18. The van der Waals surface area contributed by atoms with Crippen molar-refractivity contribution < 1.29 is 27.5 Å². The number of carbonyl (C=O) groups is 2. The number of sulfonamides is 1. The van der Waals surface area contributed by atoms with Crippen molar-refractivity contribution in [2.75, 3.05) is 13.1 Å². The summed E-state index contributed by atoms with van der Waals surface area (Å²) in [5.74, 6) is -2.49. The van der Waals surface area contributed by atoms with Crippen molar-refractivity contribution in [1.29, 1.82) is 0 Å². The lowest BCUT2D eigenvalue weighted by Crippen LogP contribution is -2.50. The summed E-state index contributed by atoms with van der Waals surface area (Å²) in [5, 5.41) is 9.26. The minimum atomic E-state index is -3.96. The monoisotopic (exact) mass is 398 g/mol. The Morgan fingerprint density at radius 3 is 2.30 bits per heavy atom. The summed E-state index contributed by atoms with van der Waals surface area (Å²) in [6, 6.07) is 4.28. The van der Waals surface area contributed by atoms with Crippen LogP contribution < -0.4 is 0 Å². The lowest BCUT2D eigenvalue weighted by Gasteiger charge is -2.35. The van der Waals surface area contributed by atoms with Gasteiger partial charge < -0.3 is 10.0 Å². The molecule has 1 aromatic carbocycles. The third-order valence-corrected chi connectivity index (χ3v) is 7.16. The van der Waals surface area contributed by atoms with Crippen LogP contribution in [-0.4, -0.2) is 59.8 Å². The maximum Gasteiger partial charge on any atom is 0.326 e. The van der Waals surface area contributed by atoms with Gasteiger partial charge in [-0.3, -0.25) is 4.79 Å². The molecule has 0 spiro atoms. The molecule has 1 saturated heterocycles. The van der Waals surface area contributed by atoms with Crippen molar-refractivity contribution >= 4 is 21.9 Å². The van der Waals surface area contributed by atoms with E-state index in [9.17, 15) is 27.5 Å². The number of rotatable bonds is 6. The van der Waals surface area contributed by atoms with Gasteiger partial charge >= 0.3 is 5.97 Å². The standard InChI is InChI=1S/C18H23FN2O5S/c1-12(18(23)24)21(14-6-7-14)17(22)13-8-10-20(11-9-13)27(25,26)16-5-3-2-4-15(16)19/h2-5,12-14H,6-11H2,1H3,(H,23,24). The molecule has 1 aliphatic heterocycles. The van der Waals surface area contributed by atoms with Crippen LogP contribution in [0.1, 0.15) is 32.6 Å². The number of carbonyl (C=O) groups excluding carboxylic acids is 1. The van der Waals surface area contributed by atoms with E-state index in [0.29, 0.717) is 12.8 Å². The van der Waals surface area contributed by atoms with Crippen molar-refractivity contribution in [3.05, 3.63) is 30.1 Å². The SMILES string of the molecule is CC(C(=O)O)N(C(=O)C1CCN(S(=O)(=O)c2ccccc2F)CC1)C1CC1. The molecule has 2 aliphatic rings. The average Bonchev–Trinajstić information content (AvgIpc) is 3.47. The van der Waals surface area contributed by atoms with Crippen LogP contribution in [-0.2, 0) is 19.6 Å². The van der Waals surface area contributed by atoms with E-state index in [0.717, 1.165) is 18.9 Å². The molecule has 9 heteroatoms. The van der Waals surface area contributed by atoms with E-state index in [1.165, 1.54) is 34.3 Å². The Morgan fingerprint density at radius 2 is 1.78 bits per heavy atom. The Labute approximate surface area is 157 Å². The van der Waals surface area contributed by atoms with Crippen LogP contribution >= 0.6 is 0 Å². The third kappa shape index (κ3) is 3.98. The van der Waals surface area contributed by atoms with Gasteiger partial charge in [-0.25, -0.2) is 17.6 Å². The molecule has 1 saturated carbocycles. The zero-order valence-electron chi connectivity index (χ0n) is 15.0. The second-order valence-electron chi connectivity index (χ2n) is 7.10. The number of carboxylic acid groups (broad SMARTS) is 1. The van der Waals surface area contributed by atoms with E-state index < -0.39 is 33.8 Å². The van der Waals surface area contributed by atoms with Crippen molar-refractivity contribution in [2.45, 2.75) is 49.6 Å². The molecule has 1 N–H and O–H groups in total. The highest BCUT2D eigenvalue weighted by Gasteiger charge is 2.42. The Kier molecular flexibility index (Phi) is 5.53. The highest BCUT2D eigenvalue weighted by atomic mass is 32.2. The predicted molar refractivity (Wildman–Crippen MR) is 94.8 cm³/mol. The first-order chi connectivity index (χ1) is 12.7. The number of nitrogens with zero attached hydrogens (tertiary/aromatic N) is 2. The largest absolute Gasteiger partial charge is 0.480 e. The number of benzene rings is 1. The quantitative estimate of drug-likeness (QED) is 0.787. The lowest BCUT2D eigenvalue weighted by molar-refractivity contribution is -0.152. The molecular weight excluding hydrogens is 375 g/mol. The second-order valence-corrected chi connectivity index (χ2v) is 9.01. The number of aliphatic carboxylic acids is 1. The molecule has 1 aliphatic carbocycles. The fourth-order valence-corrected chi connectivity index (χ4v) is 5.04. The first-order valence-corrected chi connectivity index (χ1v) is 10.5. The van der Waals surface area contributed by atoms with Crippen LogP contribution in [0.3, 0.4) is 0 Å².